The molecule has 0 aliphatic rings. The lowest BCUT2D eigenvalue weighted by Gasteiger charge is -2.04. The van der Waals surface area contributed by atoms with Crippen LogP contribution in [0.1, 0.15) is 5.56 Å². The highest BCUT2D eigenvalue weighted by Gasteiger charge is 2.20. The molecule has 2 aromatic rings. The van der Waals surface area contributed by atoms with E-state index in [0.717, 1.165) is 23.7 Å². The Balaban J connectivity index is 2.62. The first kappa shape index (κ1) is 12.6. The molecule has 6 heteroatoms. The topological polar surface area (TPSA) is 38.9 Å². The van der Waals surface area contributed by atoms with Crippen LogP contribution < -0.4 is 5.73 Å². The maximum absolute atomic E-state index is 13.7. The van der Waals surface area contributed by atoms with Gasteiger partial charge in [0.2, 0.25) is 0 Å². The summed E-state index contributed by atoms with van der Waals surface area (Å²) in [7, 11) is 0. The number of nitrogens with zero attached hydrogens (tertiary/aromatic N) is 1. The number of nitrogens with two attached hydrogens (primary N) is 1. The zero-order chi connectivity index (χ0) is 13.3. The average molecular weight is 270 g/mol. The lowest BCUT2D eigenvalue weighted by Crippen LogP contribution is -1.97. The minimum Gasteiger partial charge on any atom is -0.389 e. The van der Waals surface area contributed by atoms with Gasteiger partial charge in [-0.1, -0.05) is 6.08 Å². The Kier molecular flexibility index (Phi) is 3.38. The van der Waals surface area contributed by atoms with Crippen molar-refractivity contribution in [3.63, 3.8) is 0 Å². The van der Waals surface area contributed by atoms with Crippen molar-refractivity contribution in [3.8, 4) is 11.3 Å². The highest BCUT2D eigenvalue weighted by molar-refractivity contribution is 7.10. The van der Waals surface area contributed by atoms with Crippen LogP contribution in [0.4, 0.5) is 18.2 Å². The van der Waals surface area contributed by atoms with Gasteiger partial charge in [-0.25, -0.2) is 13.2 Å². The van der Waals surface area contributed by atoms with Crippen LogP contribution in [0.3, 0.4) is 0 Å². The quantitative estimate of drug-likeness (QED) is 0.684. The van der Waals surface area contributed by atoms with Gasteiger partial charge in [0.15, 0.2) is 17.5 Å². The van der Waals surface area contributed by atoms with Gasteiger partial charge in [0.25, 0.3) is 0 Å². The minimum atomic E-state index is -1.51. The van der Waals surface area contributed by atoms with Crippen molar-refractivity contribution in [2.45, 2.75) is 6.42 Å². The molecule has 1 aromatic heterocycles. The molecule has 94 valence electrons. The number of aromatic nitrogens is 1. The number of allylic oxidation sites excluding steroid dienone is 1. The van der Waals surface area contributed by atoms with E-state index < -0.39 is 17.5 Å². The normalized spacial score (nSPS) is 10.6. The molecule has 0 amide bonds. The number of anilines is 1. The van der Waals surface area contributed by atoms with Gasteiger partial charge in [-0.2, -0.15) is 4.37 Å². The van der Waals surface area contributed by atoms with E-state index in [1.54, 1.807) is 6.08 Å². The van der Waals surface area contributed by atoms with E-state index in [-0.39, 0.29) is 11.3 Å². The number of hydrogen-bond acceptors (Lipinski definition) is 3. The maximum Gasteiger partial charge on any atom is 0.195 e. The largest absolute Gasteiger partial charge is 0.389 e. The van der Waals surface area contributed by atoms with Gasteiger partial charge in [-0.3, -0.25) is 0 Å². The van der Waals surface area contributed by atoms with Gasteiger partial charge in [0, 0.05) is 11.1 Å². The molecule has 0 atom stereocenters. The minimum absolute atomic E-state index is 0.0984. The molecule has 0 radical (unpaired) electrons. The first-order chi connectivity index (χ1) is 8.56. The lowest BCUT2D eigenvalue weighted by atomic mass is 10.0. The van der Waals surface area contributed by atoms with Crippen LogP contribution in [-0.2, 0) is 6.42 Å². The fraction of sp³-hybridized carbons (Fsp3) is 0.0833. The molecule has 0 saturated carbocycles. The summed E-state index contributed by atoms with van der Waals surface area (Å²) in [6, 6.07) is 2.01. The zero-order valence-corrected chi connectivity index (χ0v) is 10.0. The summed E-state index contributed by atoms with van der Waals surface area (Å²) in [5, 5.41) is 0.411. The van der Waals surface area contributed by atoms with E-state index in [4.69, 9.17) is 5.73 Å². The summed E-state index contributed by atoms with van der Waals surface area (Å²) >= 11 is 0.982. The summed E-state index contributed by atoms with van der Waals surface area (Å²) in [6.07, 6.45) is 1.97. The van der Waals surface area contributed by atoms with Crippen molar-refractivity contribution in [1.29, 1.82) is 0 Å². The molecule has 0 unspecified atom stereocenters. The lowest BCUT2D eigenvalue weighted by molar-refractivity contribution is 0.449. The van der Waals surface area contributed by atoms with Crippen molar-refractivity contribution in [2.75, 3.05) is 5.73 Å². The monoisotopic (exact) mass is 270 g/mol. The number of rotatable bonds is 3. The summed E-state index contributed by atoms with van der Waals surface area (Å²) in [6.45, 7) is 3.56. The summed E-state index contributed by atoms with van der Waals surface area (Å²) < 4.78 is 43.7. The highest BCUT2D eigenvalue weighted by Crippen LogP contribution is 2.33. The van der Waals surface area contributed by atoms with Crippen LogP contribution in [0, 0.1) is 17.5 Å². The van der Waals surface area contributed by atoms with Crippen molar-refractivity contribution >= 4 is 16.5 Å². The van der Waals surface area contributed by atoms with E-state index in [0.29, 0.717) is 17.0 Å². The Morgan fingerprint density at radius 3 is 2.67 bits per heavy atom. The van der Waals surface area contributed by atoms with Gasteiger partial charge in [-0.05, 0) is 30.1 Å². The molecule has 0 aliphatic carbocycles. The highest BCUT2D eigenvalue weighted by atomic mass is 32.1. The van der Waals surface area contributed by atoms with E-state index in [2.05, 4.69) is 11.0 Å². The van der Waals surface area contributed by atoms with Gasteiger partial charge in [0.1, 0.15) is 5.00 Å². The molecule has 0 saturated heterocycles. The smallest absolute Gasteiger partial charge is 0.195 e. The third-order valence-electron chi connectivity index (χ3n) is 2.46. The molecule has 2 rings (SSSR count). The average Bonchev–Trinajstić information content (AvgIpc) is 2.70. The predicted octanol–water partition coefficient (Wildman–Crippen LogP) is 3.54. The summed E-state index contributed by atoms with van der Waals surface area (Å²) in [5.41, 5.74) is 6.40. The van der Waals surface area contributed by atoms with Crippen molar-refractivity contribution < 1.29 is 13.2 Å². The second kappa shape index (κ2) is 4.81. The van der Waals surface area contributed by atoms with Crippen LogP contribution >= 0.6 is 11.5 Å². The SMILES string of the molecule is C=CCc1c(-c2ccc(F)c(F)c2F)nsc1N. The molecule has 0 aliphatic heterocycles. The Morgan fingerprint density at radius 2 is 2.00 bits per heavy atom. The molecule has 0 fully saturated rings. The number of benzene rings is 1. The van der Waals surface area contributed by atoms with Crippen LogP contribution in [0.15, 0.2) is 24.8 Å². The Labute approximate surface area is 106 Å². The van der Waals surface area contributed by atoms with Crippen LogP contribution in [0.25, 0.3) is 11.3 Å². The fourth-order valence-corrected chi connectivity index (χ4v) is 2.27. The number of hydrogen-bond donors (Lipinski definition) is 1. The predicted molar refractivity (Wildman–Crippen MR) is 65.7 cm³/mol. The van der Waals surface area contributed by atoms with Crippen molar-refractivity contribution in [3.05, 3.63) is 47.8 Å². The molecule has 0 bridgehead atoms. The molecular formula is C12H9F3N2S. The van der Waals surface area contributed by atoms with Gasteiger partial charge in [-0.15, -0.1) is 6.58 Å². The fourth-order valence-electron chi connectivity index (χ4n) is 1.58. The Hall–Kier alpha value is -1.82. The van der Waals surface area contributed by atoms with E-state index in [1.807, 2.05) is 0 Å². The molecule has 2 N–H and O–H groups in total. The second-order valence-corrected chi connectivity index (χ2v) is 4.39. The van der Waals surface area contributed by atoms with Gasteiger partial charge in [0.05, 0.1) is 5.69 Å². The molecule has 2 nitrogen and oxygen atoms in total. The maximum atomic E-state index is 13.7. The standard InChI is InChI=1S/C12H9F3N2S/c1-2-3-7-11(17-18-12(7)16)6-4-5-8(13)10(15)9(6)14/h2,4-5H,1,3,16H2. The van der Waals surface area contributed by atoms with E-state index >= 15 is 0 Å². The summed E-state index contributed by atoms with van der Waals surface area (Å²) in [5.74, 6) is -4.00. The second-order valence-electron chi connectivity index (χ2n) is 3.59. The molecule has 1 aromatic carbocycles. The summed E-state index contributed by atoms with van der Waals surface area (Å²) in [4.78, 5) is 0. The number of halogens is 3. The van der Waals surface area contributed by atoms with Crippen LogP contribution in [-0.4, -0.2) is 4.37 Å². The van der Waals surface area contributed by atoms with E-state index in [1.165, 1.54) is 0 Å². The van der Waals surface area contributed by atoms with Crippen LogP contribution in [0.5, 0.6) is 0 Å². The Morgan fingerprint density at radius 1 is 1.28 bits per heavy atom. The molecule has 18 heavy (non-hydrogen) atoms. The molecule has 1 heterocycles. The van der Waals surface area contributed by atoms with Crippen molar-refractivity contribution in [1.82, 2.24) is 4.37 Å². The first-order valence-corrected chi connectivity index (χ1v) is 5.82. The molecule has 0 spiro atoms. The third kappa shape index (κ3) is 1.99. The van der Waals surface area contributed by atoms with Gasteiger partial charge >= 0.3 is 0 Å². The first-order valence-electron chi connectivity index (χ1n) is 5.05. The van der Waals surface area contributed by atoms with Crippen molar-refractivity contribution in [2.24, 2.45) is 0 Å². The van der Waals surface area contributed by atoms with Gasteiger partial charge < -0.3 is 5.73 Å². The number of nitrogen functional groups attached to an aromatic ring is 1. The van der Waals surface area contributed by atoms with Crippen LogP contribution in [0.2, 0.25) is 0 Å². The Bertz CT molecular complexity index is 608. The molecular weight excluding hydrogens is 261 g/mol. The zero-order valence-electron chi connectivity index (χ0n) is 9.21. The van der Waals surface area contributed by atoms with E-state index in [9.17, 15) is 13.2 Å². The third-order valence-corrected chi connectivity index (χ3v) is 3.17.